The molecule has 0 aromatic heterocycles. The summed E-state index contributed by atoms with van der Waals surface area (Å²) in [6.45, 7) is 10.7. The Morgan fingerprint density at radius 3 is 2.52 bits per heavy atom. The monoisotopic (exact) mass is 372 g/mol. The van der Waals surface area contributed by atoms with Gasteiger partial charge in [-0.3, -0.25) is 5.01 Å². The molecule has 0 saturated carbocycles. The number of allylic oxidation sites excluding steroid dienone is 1. The fourth-order valence-corrected chi connectivity index (χ4v) is 3.89. The number of rotatable bonds is 10. The van der Waals surface area contributed by atoms with E-state index < -0.39 is 0 Å². The third-order valence-corrected chi connectivity index (χ3v) is 5.64. The van der Waals surface area contributed by atoms with Gasteiger partial charge in [-0.2, -0.15) is 5.10 Å². The van der Waals surface area contributed by atoms with E-state index in [9.17, 15) is 0 Å². The Kier molecular flexibility index (Phi) is 8.52. The van der Waals surface area contributed by atoms with Gasteiger partial charge in [0.1, 0.15) is 0 Å². The van der Waals surface area contributed by atoms with E-state index in [1.54, 1.807) is 0 Å². The molecule has 0 N–H and O–H groups in total. The van der Waals surface area contributed by atoms with E-state index in [1.807, 2.05) is 13.2 Å². The third kappa shape index (κ3) is 5.66. The van der Waals surface area contributed by atoms with Crippen LogP contribution in [0.3, 0.4) is 0 Å². The first-order valence-corrected chi connectivity index (χ1v) is 10.2. The average Bonchev–Trinajstić information content (AvgIpc) is 3.15. The minimum atomic E-state index is -0.134. The Labute approximate surface area is 165 Å². The van der Waals surface area contributed by atoms with Crippen molar-refractivity contribution in [2.24, 2.45) is 5.10 Å². The van der Waals surface area contributed by atoms with Crippen LogP contribution < -0.4 is 0 Å². The smallest absolute Gasteiger partial charge is 0.0934 e. The summed E-state index contributed by atoms with van der Waals surface area (Å²) in [4.78, 5) is 0. The van der Waals surface area contributed by atoms with Crippen LogP contribution in [0.15, 0.2) is 47.1 Å². The summed E-state index contributed by atoms with van der Waals surface area (Å²) in [6, 6.07) is 10.7. The Morgan fingerprint density at radius 1 is 1.22 bits per heavy atom. The molecule has 4 heteroatoms. The van der Waals surface area contributed by atoms with Crippen LogP contribution in [0.25, 0.3) is 0 Å². The summed E-state index contributed by atoms with van der Waals surface area (Å²) in [5.74, 6) is 0. The van der Waals surface area contributed by atoms with Crippen molar-refractivity contribution in [2.75, 3.05) is 26.9 Å². The van der Waals surface area contributed by atoms with Crippen molar-refractivity contribution in [1.82, 2.24) is 5.01 Å². The van der Waals surface area contributed by atoms with Gasteiger partial charge in [0.2, 0.25) is 0 Å². The highest BCUT2D eigenvalue weighted by Crippen LogP contribution is 2.35. The first-order chi connectivity index (χ1) is 13.1. The fourth-order valence-electron chi connectivity index (χ4n) is 3.89. The summed E-state index contributed by atoms with van der Waals surface area (Å²) in [5.41, 5.74) is 3.24. The maximum atomic E-state index is 6.01. The van der Waals surface area contributed by atoms with Crippen LogP contribution in [0.1, 0.15) is 58.9 Å². The van der Waals surface area contributed by atoms with Crippen molar-refractivity contribution < 1.29 is 9.47 Å². The molecule has 1 aliphatic rings. The summed E-state index contributed by atoms with van der Waals surface area (Å²) in [7, 11) is 1.84. The zero-order valence-corrected chi connectivity index (χ0v) is 17.7. The lowest BCUT2D eigenvalue weighted by Gasteiger charge is -2.40. The Bertz CT molecular complexity index is 608. The maximum Gasteiger partial charge on any atom is 0.0934 e. The molecule has 4 nitrogen and oxygen atoms in total. The van der Waals surface area contributed by atoms with Crippen LogP contribution in [-0.2, 0) is 9.47 Å². The molecule has 1 atom stereocenters. The topological polar surface area (TPSA) is 34.1 Å². The highest BCUT2D eigenvalue weighted by atomic mass is 16.5. The van der Waals surface area contributed by atoms with E-state index in [0.717, 1.165) is 43.5 Å². The van der Waals surface area contributed by atoms with E-state index in [-0.39, 0.29) is 5.60 Å². The van der Waals surface area contributed by atoms with E-state index >= 15 is 0 Å². The number of benzene rings is 1. The standard InChI is InChI=1S/C23H36N2O2/c1-6-23(7-2,26-5)22-14-11-16-25(22)24-21(18-27-17-15-19(3)4)20-12-9-8-10-13-20/h8-10,12-13,15,22H,6-7,11,14,16-18H2,1-5H3/b24-21-/t22-/m0/s1. The highest BCUT2D eigenvalue weighted by Gasteiger charge is 2.42. The van der Waals surface area contributed by atoms with Crippen LogP contribution in [0, 0.1) is 0 Å². The van der Waals surface area contributed by atoms with Crippen LogP contribution >= 0.6 is 0 Å². The summed E-state index contributed by atoms with van der Waals surface area (Å²) < 4.78 is 11.9. The van der Waals surface area contributed by atoms with Crippen LogP contribution in [0.4, 0.5) is 0 Å². The van der Waals surface area contributed by atoms with Gasteiger partial charge in [-0.15, -0.1) is 0 Å². The summed E-state index contributed by atoms with van der Waals surface area (Å²) >= 11 is 0. The number of hydrogen-bond acceptors (Lipinski definition) is 4. The molecule has 1 saturated heterocycles. The minimum absolute atomic E-state index is 0.134. The molecule has 1 aliphatic heterocycles. The molecule has 0 bridgehead atoms. The zero-order valence-electron chi connectivity index (χ0n) is 17.7. The van der Waals surface area contributed by atoms with Crippen molar-refractivity contribution in [1.29, 1.82) is 0 Å². The number of methoxy groups -OCH3 is 1. The Balaban J connectivity index is 2.25. The molecule has 0 radical (unpaired) electrons. The molecular weight excluding hydrogens is 336 g/mol. The van der Waals surface area contributed by atoms with Crippen LogP contribution in [-0.4, -0.2) is 49.2 Å². The van der Waals surface area contributed by atoms with Gasteiger partial charge in [0.25, 0.3) is 0 Å². The van der Waals surface area contributed by atoms with Gasteiger partial charge in [0.05, 0.1) is 30.6 Å². The largest absolute Gasteiger partial charge is 0.376 e. The zero-order chi connectivity index (χ0) is 19.7. The predicted octanol–water partition coefficient (Wildman–Crippen LogP) is 5.04. The first-order valence-electron chi connectivity index (χ1n) is 10.2. The predicted molar refractivity (Wildman–Crippen MR) is 113 cm³/mol. The first kappa shape index (κ1) is 21.6. The van der Waals surface area contributed by atoms with E-state index in [1.165, 1.54) is 5.57 Å². The SMILES string of the molecule is CCC(CC)(OC)[C@@H]1CCCN1/N=C(/COCC=C(C)C)c1ccccc1. The third-order valence-electron chi connectivity index (χ3n) is 5.64. The summed E-state index contributed by atoms with van der Waals surface area (Å²) in [5, 5.41) is 7.33. The van der Waals surface area contributed by atoms with Gasteiger partial charge in [-0.25, -0.2) is 0 Å². The maximum absolute atomic E-state index is 6.01. The van der Waals surface area contributed by atoms with Crippen molar-refractivity contribution in [3.05, 3.63) is 47.5 Å². The molecule has 0 aliphatic carbocycles. The fraction of sp³-hybridized carbons (Fsp3) is 0.609. The number of nitrogens with zero attached hydrogens (tertiary/aromatic N) is 2. The quantitative estimate of drug-likeness (QED) is 0.328. The molecule has 0 amide bonds. The van der Waals surface area contributed by atoms with Crippen molar-refractivity contribution in [3.63, 3.8) is 0 Å². The lowest BCUT2D eigenvalue weighted by molar-refractivity contribution is -0.0732. The molecule has 1 aromatic carbocycles. The van der Waals surface area contributed by atoms with Gasteiger partial charge < -0.3 is 9.47 Å². The van der Waals surface area contributed by atoms with E-state index in [2.05, 4.69) is 63.0 Å². The Morgan fingerprint density at radius 2 is 1.93 bits per heavy atom. The number of ether oxygens (including phenoxy) is 2. The number of hydrazone groups is 1. The van der Waals surface area contributed by atoms with Gasteiger partial charge in [0.15, 0.2) is 0 Å². The van der Waals surface area contributed by atoms with Crippen LogP contribution in [0.2, 0.25) is 0 Å². The van der Waals surface area contributed by atoms with Crippen molar-refractivity contribution in [3.8, 4) is 0 Å². The van der Waals surface area contributed by atoms with Gasteiger partial charge in [-0.1, -0.05) is 55.8 Å². The molecule has 0 unspecified atom stereocenters. The molecule has 27 heavy (non-hydrogen) atoms. The van der Waals surface area contributed by atoms with Gasteiger partial charge in [0, 0.05) is 19.2 Å². The van der Waals surface area contributed by atoms with E-state index in [0.29, 0.717) is 19.3 Å². The molecule has 150 valence electrons. The molecule has 2 rings (SSSR count). The van der Waals surface area contributed by atoms with Crippen LogP contribution in [0.5, 0.6) is 0 Å². The molecular formula is C23H36N2O2. The van der Waals surface area contributed by atoms with Gasteiger partial charge >= 0.3 is 0 Å². The van der Waals surface area contributed by atoms with Gasteiger partial charge in [-0.05, 0) is 39.5 Å². The van der Waals surface area contributed by atoms with E-state index in [4.69, 9.17) is 14.6 Å². The molecule has 0 spiro atoms. The Hall–Kier alpha value is -1.65. The molecule has 1 fully saturated rings. The number of hydrogen-bond donors (Lipinski definition) is 0. The van der Waals surface area contributed by atoms with Crippen molar-refractivity contribution in [2.45, 2.75) is 65.0 Å². The minimum Gasteiger partial charge on any atom is -0.376 e. The average molecular weight is 373 g/mol. The molecule has 1 heterocycles. The lowest BCUT2D eigenvalue weighted by Crippen LogP contribution is -2.49. The second kappa shape index (κ2) is 10.6. The highest BCUT2D eigenvalue weighted by molar-refractivity contribution is 6.01. The second-order valence-electron chi connectivity index (χ2n) is 7.51. The normalized spacial score (nSPS) is 18.0. The lowest BCUT2D eigenvalue weighted by atomic mass is 9.87. The molecule has 1 aromatic rings. The van der Waals surface area contributed by atoms with Crippen molar-refractivity contribution >= 4 is 5.71 Å². The summed E-state index contributed by atoms with van der Waals surface area (Å²) in [6.07, 6.45) is 6.37. The second-order valence-corrected chi connectivity index (χ2v) is 7.51.